The summed E-state index contributed by atoms with van der Waals surface area (Å²) in [5.74, 6) is -0.830. The molecular weight excluding hydrogens is 657 g/mol. The third-order valence-corrected chi connectivity index (χ3v) is 10.1. The molecule has 4 bridgehead atoms. The Morgan fingerprint density at radius 1 is 0.915 bits per heavy atom. The second kappa shape index (κ2) is 16.2. The van der Waals surface area contributed by atoms with E-state index in [4.69, 9.17) is 0 Å². The van der Waals surface area contributed by atoms with Gasteiger partial charge in [-0.1, -0.05) is 44.2 Å². The van der Waals surface area contributed by atoms with Crippen molar-refractivity contribution in [2.24, 2.45) is 5.92 Å². The SMILES string of the molecule is Cc1nsnc1C(=O)N1CCCNC(=O)c2csc(n2)[C@H](Cc2ccccc2)NC(=O)c2csc(n2)[C@H](CC(C)C)NC(=O)CCC1. The fourth-order valence-corrected chi connectivity index (χ4v) is 7.48. The Morgan fingerprint density at radius 2 is 1.60 bits per heavy atom. The maximum absolute atomic E-state index is 13.5. The van der Waals surface area contributed by atoms with Crippen molar-refractivity contribution in [3.8, 4) is 0 Å². The van der Waals surface area contributed by atoms with Crippen LogP contribution in [0.1, 0.15) is 104 Å². The molecule has 15 heteroatoms. The number of aryl methyl sites for hydroxylation is 1. The summed E-state index contributed by atoms with van der Waals surface area (Å²) in [5, 5.41) is 13.7. The molecule has 5 rings (SSSR count). The summed E-state index contributed by atoms with van der Waals surface area (Å²) in [4.78, 5) is 64.0. The molecule has 1 aliphatic heterocycles. The maximum Gasteiger partial charge on any atom is 0.275 e. The fraction of sp³-hybridized carbons (Fsp3) is 0.438. The van der Waals surface area contributed by atoms with E-state index in [1.54, 1.807) is 22.6 Å². The summed E-state index contributed by atoms with van der Waals surface area (Å²) in [6, 6.07) is 8.91. The number of thiazole rings is 2. The van der Waals surface area contributed by atoms with Gasteiger partial charge in [-0.2, -0.15) is 8.75 Å². The van der Waals surface area contributed by atoms with Gasteiger partial charge in [0.05, 0.1) is 29.5 Å². The lowest BCUT2D eigenvalue weighted by Crippen LogP contribution is -2.36. The van der Waals surface area contributed by atoms with Crippen LogP contribution in [0.15, 0.2) is 41.1 Å². The first-order valence-corrected chi connectivity index (χ1v) is 18.1. The lowest BCUT2D eigenvalue weighted by molar-refractivity contribution is -0.122. The van der Waals surface area contributed by atoms with E-state index in [-0.39, 0.29) is 53.4 Å². The molecule has 47 heavy (non-hydrogen) atoms. The molecule has 0 fully saturated rings. The predicted molar refractivity (Wildman–Crippen MR) is 182 cm³/mol. The lowest BCUT2D eigenvalue weighted by atomic mass is 10.0. The normalized spacial score (nSPS) is 18.6. The third-order valence-electron chi connectivity index (χ3n) is 7.60. The summed E-state index contributed by atoms with van der Waals surface area (Å²) < 4.78 is 8.32. The van der Waals surface area contributed by atoms with E-state index in [1.165, 1.54) is 22.7 Å². The minimum atomic E-state index is -0.495. The van der Waals surface area contributed by atoms with Crippen LogP contribution in [0.25, 0.3) is 0 Å². The largest absolute Gasteiger partial charge is 0.351 e. The van der Waals surface area contributed by atoms with Crippen molar-refractivity contribution < 1.29 is 19.2 Å². The van der Waals surface area contributed by atoms with E-state index >= 15 is 0 Å². The number of fused-ring (bicyclic) bond motifs is 4. The highest BCUT2D eigenvalue weighted by Gasteiger charge is 2.26. The molecule has 2 atom stereocenters. The topological polar surface area (TPSA) is 159 Å². The molecule has 1 aliphatic rings. The third kappa shape index (κ3) is 9.26. The minimum Gasteiger partial charge on any atom is -0.351 e. The van der Waals surface area contributed by atoms with Gasteiger partial charge in [-0.15, -0.1) is 22.7 Å². The Labute approximate surface area is 285 Å². The molecule has 3 N–H and O–H groups in total. The van der Waals surface area contributed by atoms with Crippen molar-refractivity contribution in [2.75, 3.05) is 19.6 Å². The second-order valence-electron chi connectivity index (χ2n) is 11.8. The molecule has 0 saturated carbocycles. The van der Waals surface area contributed by atoms with Crippen LogP contribution in [0.3, 0.4) is 0 Å². The maximum atomic E-state index is 13.5. The molecule has 0 aliphatic carbocycles. The number of nitrogens with zero attached hydrogens (tertiary/aromatic N) is 5. The average molecular weight is 695 g/mol. The number of benzene rings is 1. The van der Waals surface area contributed by atoms with E-state index < -0.39 is 6.04 Å². The molecule has 1 aromatic carbocycles. The van der Waals surface area contributed by atoms with Gasteiger partial charge < -0.3 is 20.9 Å². The Kier molecular flexibility index (Phi) is 11.8. The van der Waals surface area contributed by atoms with Crippen LogP contribution >= 0.6 is 34.4 Å². The van der Waals surface area contributed by atoms with Crippen molar-refractivity contribution in [3.63, 3.8) is 0 Å². The molecule has 4 heterocycles. The Hall–Kier alpha value is -4.08. The number of nitrogens with one attached hydrogen (secondary N) is 3. The van der Waals surface area contributed by atoms with Crippen LogP contribution in [0.4, 0.5) is 0 Å². The number of rotatable bonds is 5. The summed E-state index contributed by atoms with van der Waals surface area (Å²) in [5.41, 5.74) is 2.38. The first kappa shape index (κ1) is 34.3. The van der Waals surface area contributed by atoms with Gasteiger partial charge in [0.1, 0.15) is 21.4 Å². The Balaban J connectivity index is 1.41. The van der Waals surface area contributed by atoms with E-state index in [1.807, 2.05) is 30.3 Å². The fourth-order valence-electron chi connectivity index (χ4n) is 5.23. The van der Waals surface area contributed by atoms with Gasteiger partial charge in [-0.3, -0.25) is 19.2 Å². The summed E-state index contributed by atoms with van der Waals surface area (Å²) in [6.45, 7) is 6.91. The van der Waals surface area contributed by atoms with Crippen molar-refractivity contribution in [1.82, 2.24) is 39.6 Å². The van der Waals surface area contributed by atoms with Crippen LogP contribution in [-0.4, -0.2) is 66.9 Å². The van der Waals surface area contributed by atoms with Gasteiger partial charge in [0.25, 0.3) is 17.7 Å². The van der Waals surface area contributed by atoms with Gasteiger partial charge in [0, 0.05) is 36.8 Å². The average Bonchev–Trinajstić information content (AvgIpc) is 3.82. The standard InChI is InChI=1S/C32H38N8O4S3/c1-19(2)15-22-30-37-25(18-46-30)29(43)35-23(16-21-9-5-4-6-10-21)31-36-24(17-45-31)28(42)33-12-8-14-40(13-7-11-26(41)34-22)32(44)27-20(3)38-47-39-27/h4-6,9-10,17-19,22-23H,7-8,11-16H2,1-3H3,(H,33,42)(H,34,41)(H,35,43)/t22-,23-/m0/s1. The van der Waals surface area contributed by atoms with Crippen LogP contribution in [0, 0.1) is 12.8 Å². The zero-order valence-electron chi connectivity index (χ0n) is 26.5. The molecule has 4 amide bonds. The highest BCUT2D eigenvalue weighted by molar-refractivity contribution is 7.10. The number of carbonyl (C=O) groups excluding carboxylic acids is 4. The Bertz CT molecular complexity index is 1690. The highest BCUT2D eigenvalue weighted by Crippen LogP contribution is 2.27. The van der Waals surface area contributed by atoms with Crippen molar-refractivity contribution in [1.29, 1.82) is 0 Å². The van der Waals surface area contributed by atoms with Crippen LogP contribution < -0.4 is 16.0 Å². The van der Waals surface area contributed by atoms with Gasteiger partial charge in [-0.05, 0) is 44.1 Å². The highest BCUT2D eigenvalue weighted by atomic mass is 32.1. The molecule has 4 aromatic rings. The van der Waals surface area contributed by atoms with Crippen molar-refractivity contribution in [2.45, 2.75) is 65.0 Å². The number of aromatic nitrogens is 4. The van der Waals surface area contributed by atoms with Gasteiger partial charge in [0.2, 0.25) is 5.91 Å². The zero-order valence-corrected chi connectivity index (χ0v) is 29.0. The first-order chi connectivity index (χ1) is 22.7. The smallest absolute Gasteiger partial charge is 0.275 e. The van der Waals surface area contributed by atoms with Crippen molar-refractivity contribution >= 4 is 58.0 Å². The minimum absolute atomic E-state index is 0.156. The van der Waals surface area contributed by atoms with Gasteiger partial charge in [0.15, 0.2) is 5.69 Å². The molecule has 0 unspecified atom stereocenters. The number of hydrogen-bond acceptors (Lipinski definition) is 11. The Morgan fingerprint density at radius 3 is 2.28 bits per heavy atom. The summed E-state index contributed by atoms with van der Waals surface area (Å²) >= 11 is 3.63. The van der Waals surface area contributed by atoms with Gasteiger partial charge in [-0.25, -0.2) is 9.97 Å². The first-order valence-electron chi connectivity index (χ1n) is 15.6. The molecule has 0 saturated heterocycles. The molecule has 0 radical (unpaired) electrons. The van der Waals surface area contributed by atoms with Crippen LogP contribution in [0.2, 0.25) is 0 Å². The molecule has 3 aromatic heterocycles. The summed E-state index contributed by atoms with van der Waals surface area (Å²) in [7, 11) is 0. The van der Waals surface area contributed by atoms with Crippen LogP contribution in [-0.2, 0) is 11.2 Å². The predicted octanol–water partition coefficient (Wildman–Crippen LogP) is 4.73. The molecule has 248 valence electrons. The molecule has 0 spiro atoms. The molecule has 12 nitrogen and oxygen atoms in total. The van der Waals surface area contributed by atoms with E-state index in [0.717, 1.165) is 17.3 Å². The monoisotopic (exact) mass is 694 g/mol. The molecular formula is C32H38N8O4S3. The van der Waals surface area contributed by atoms with E-state index in [9.17, 15) is 19.2 Å². The summed E-state index contributed by atoms with van der Waals surface area (Å²) in [6.07, 6.45) is 2.26. The number of hydrogen-bond donors (Lipinski definition) is 3. The van der Waals surface area contributed by atoms with E-state index in [0.29, 0.717) is 66.7 Å². The second-order valence-corrected chi connectivity index (χ2v) is 14.1. The van der Waals surface area contributed by atoms with Crippen molar-refractivity contribution in [3.05, 3.63) is 79.4 Å². The number of amides is 4. The number of carbonyl (C=O) groups is 4. The quantitative estimate of drug-likeness (QED) is 0.271. The lowest BCUT2D eigenvalue weighted by Gasteiger charge is -2.23. The zero-order chi connectivity index (χ0) is 33.3. The van der Waals surface area contributed by atoms with E-state index in [2.05, 4.69) is 48.5 Å². The van der Waals surface area contributed by atoms with Crippen LogP contribution in [0.5, 0.6) is 0 Å². The van der Waals surface area contributed by atoms with Gasteiger partial charge >= 0.3 is 0 Å².